The van der Waals surface area contributed by atoms with Gasteiger partial charge in [-0.05, 0) is 12.1 Å². The number of rotatable bonds is 2. The van der Waals surface area contributed by atoms with Crippen LogP contribution in [0.5, 0.6) is 0 Å². The molecular formula is C14H16N2O3. The highest BCUT2D eigenvalue weighted by molar-refractivity contribution is 6.35. The van der Waals surface area contributed by atoms with Crippen LogP contribution in [0.15, 0.2) is 30.3 Å². The molecule has 1 fully saturated rings. The van der Waals surface area contributed by atoms with Gasteiger partial charge < -0.3 is 9.80 Å². The standard InChI is InChI=1S/C14H16N2O3/c1-11(17)13(18)15-7-9-16(10-8-15)14(19)12-5-3-2-4-6-12/h2-6H,7-10H2,1H3. The van der Waals surface area contributed by atoms with Gasteiger partial charge >= 0.3 is 0 Å². The number of Topliss-reactive ketones (excluding diaryl/α,β-unsaturated/α-hetero) is 1. The molecule has 0 aliphatic carbocycles. The van der Waals surface area contributed by atoms with Crippen molar-refractivity contribution in [3.8, 4) is 0 Å². The lowest BCUT2D eigenvalue weighted by molar-refractivity contribution is -0.144. The Balaban J connectivity index is 1.95. The Morgan fingerprint density at radius 2 is 1.42 bits per heavy atom. The summed E-state index contributed by atoms with van der Waals surface area (Å²) in [6.07, 6.45) is 0. The molecule has 0 radical (unpaired) electrons. The largest absolute Gasteiger partial charge is 0.335 e. The molecule has 1 aromatic carbocycles. The maximum atomic E-state index is 12.2. The predicted molar refractivity (Wildman–Crippen MR) is 69.6 cm³/mol. The van der Waals surface area contributed by atoms with Crippen LogP contribution in [0.4, 0.5) is 0 Å². The molecule has 0 bridgehead atoms. The molecule has 1 aliphatic rings. The van der Waals surface area contributed by atoms with Crippen LogP contribution < -0.4 is 0 Å². The molecule has 2 amide bonds. The summed E-state index contributed by atoms with van der Waals surface area (Å²) < 4.78 is 0. The summed E-state index contributed by atoms with van der Waals surface area (Å²) in [6.45, 7) is 3.03. The van der Waals surface area contributed by atoms with Gasteiger partial charge in [0.05, 0.1) is 0 Å². The van der Waals surface area contributed by atoms with E-state index in [1.807, 2.05) is 18.2 Å². The lowest BCUT2D eigenvalue weighted by Gasteiger charge is -2.34. The molecule has 19 heavy (non-hydrogen) atoms. The molecule has 5 nitrogen and oxygen atoms in total. The van der Waals surface area contributed by atoms with Crippen LogP contribution in [-0.2, 0) is 9.59 Å². The maximum absolute atomic E-state index is 12.2. The summed E-state index contributed by atoms with van der Waals surface area (Å²) in [4.78, 5) is 37.9. The van der Waals surface area contributed by atoms with Crippen LogP contribution in [0, 0.1) is 0 Å². The number of benzene rings is 1. The van der Waals surface area contributed by atoms with E-state index in [4.69, 9.17) is 0 Å². The Bertz CT molecular complexity index is 491. The fourth-order valence-corrected chi connectivity index (χ4v) is 2.10. The fourth-order valence-electron chi connectivity index (χ4n) is 2.10. The van der Waals surface area contributed by atoms with E-state index in [-0.39, 0.29) is 5.91 Å². The third-order valence-corrected chi connectivity index (χ3v) is 3.18. The predicted octanol–water partition coefficient (Wildman–Crippen LogP) is 0.560. The quantitative estimate of drug-likeness (QED) is 0.730. The lowest BCUT2D eigenvalue weighted by atomic mass is 10.2. The van der Waals surface area contributed by atoms with Gasteiger partial charge in [0.2, 0.25) is 5.78 Å². The van der Waals surface area contributed by atoms with Crippen LogP contribution >= 0.6 is 0 Å². The van der Waals surface area contributed by atoms with Gasteiger partial charge in [-0.25, -0.2) is 0 Å². The van der Waals surface area contributed by atoms with E-state index in [0.717, 1.165) is 0 Å². The number of carbonyl (C=O) groups is 3. The number of amides is 2. The van der Waals surface area contributed by atoms with Crippen LogP contribution in [0.2, 0.25) is 0 Å². The van der Waals surface area contributed by atoms with Gasteiger partial charge in [0.1, 0.15) is 0 Å². The van der Waals surface area contributed by atoms with Crippen LogP contribution in [0.1, 0.15) is 17.3 Å². The zero-order chi connectivity index (χ0) is 13.8. The molecule has 5 heteroatoms. The van der Waals surface area contributed by atoms with Gasteiger partial charge in [-0.15, -0.1) is 0 Å². The Morgan fingerprint density at radius 1 is 0.895 bits per heavy atom. The molecule has 1 aliphatic heterocycles. The molecule has 1 aromatic rings. The Morgan fingerprint density at radius 3 is 1.95 bits per heavy atom. The van der Waals surface area contributed by atoms with E-state index in [0.29, 0.717) is 31.7 Å². The minimum Gasteiger partial charge on any atom is -0.335 e. The second kappa shape index (κ2) is 5.65. The molecule has 0 unspecified atom stereocenters. The monoisotopic (exact) mass is 260 g/mol. The van der Waals surface area contributed by atoms with Crippen molar-refractivity contribution in [1.82, 2.24) is 9.80 Å². The SMILES string of the molecule is CC(=O)C(=O)N1CCN(C(=O)c2ccccc2)CC1. The van der Waals surface area contributed by atoms with E-state index in [9.17, 15) is 14.4 Å². The average molecular weight is 260 g/mol. The number of piperazine rings is 1. The minimum absolute atomic E-state index is 0.0319. The number of nitrogens with zero attached hydrogens (tertiary/aromatic N) is 2. The van der Waals surface area contributed by atoms with Crippen molar-refractivity contribution in [3.05, 3.63) is 35.9 Å². The average Bonchev–Trinajstić information content (AvgIpc) is 2.46. The summed E-state index contributed by atoms with van der Waals surface area (Å²) in [5, 5.41) is 0. The third kappa shape index (κ3) is 2.99. The van der Waals surface area contributed by atoms with E-state index in [1.165, 1.54) is 11.8 Å². The second-order valence-electron chi connectivity index (χ2n) is 4.51. The van der Waals surface area contributed by atoms with E-state index in [2.05, 4.69) is 0 Å². The minimum atomic E-state index is -0.466. The molecule has 1 heterocycles. The van der Waals surface area contributed by atoms with Crippen molar-refractivity contribution in [3.63, 3.8) is 0 Å². The van der Waals surface area contributed by atoms with Gasteiger partial charge in [-0.3, -0.25) is 14.4 Å². The Kier molecular flexibility index (Phi) is 3.94. The number of hydrogen-bond acceptors (Lipinski definition) is 3. The summed E-state index contributed by atoms with van der Waals surface area (Å²) in [6, 6.07) is 9.05. The van der Waals surface area contributed by atoms with Gasteiger partial charge in [-0.2, -0.15) is 0 Å². The Labute approximate surface area is 111 Å². The highest BCUT2D eigenvalue weighted by atomic mass is 16.2. The number of hydrogen-bond donors (Lipinski definition) is 0. The summed E-state index contributed by atoms with van der Waals surface area (Å²) in [7, 11) is 0. The number of carbonyl (C=O) groups excluding carboxylic acids is 3. The highest BCUT2D eigenvalue weighted by Crippen LogP contribution is 2.09. The molecule has 0 saturated carbocycles. The number of ketones is 1. The van der Waals surface area contributed by atoms with Gasteiger partial charge in [0.15, 0.2) is 0 Å². The van der Waals surface area contributed by atoms with Gasteiger partial charge in [0, 0.05) is 38.7 Å². The topological polar surface area (TPSA) is 57.7 Å². The van der Waals surface area contributed by atoms with Crippen LogP contribution in [0.25, 0.3) is 0 Å². The van der Waals surface area contributed by atoms with E-state index < -0.39 is 11.7 Å². The van der Waals surface area contributed by atoms with Gasteiger partial charge in [0.25, 0.3) is 11.8 Å². The van der Waals surface area contributed by atoms with Crippen LogP contribution in [0.3, 0.4) is 0 Å². The first-order chi connectivity index (χ1) is 9.09. The first kappa shape index (κ1) is 13.3. The molecule has 0 atom stereocenters. The van der Waals surface area contributed by atoms with Crippen molar-refractivity contribution in [1.29, 1.82) is 0 Å². The third-order valence-electron chi connectivity index (χ3n) is 3.18. The fraction of sp³-hybridized carbons (Fsp3) is 0.357. The van der Waals surface area contributed by atoms with Crippen molar-refractivity contribution in [2.24, 2.45) is 0 Å². The lowest BCUT2D eigenvalue weighted by Crippen LogP contribution is -2.51. The molecule has 0 spiro atoms. The first-order valence-electron chi connectivity index (χ1n) is 6.24. The van der Waals surface area contributed by atoms with Crippen molar-refractivity contribution < 1.29 is 14.4 Å². The normalized spacial score (nSPS) is 15.2. The molecule has 0 aromatic heterocycles. The zero-order valence-electron chi connectivity index (χ0n) is 10.8. The van der Waals surface area contributed by atoms with Crippen molar-refractivity contribution in [2.75, 3.05) is 26.2 Å². The van der Waals surface area contributed by atoms with Crippen LogP contribution in [-0.4, -0.2) is 53.6 Å². The maximum Gasteiger partial charge on any atom is 0.289 e. The highest BCUT2D eigenvalue weighted by Gasteiger charge is 2.26. The van der Waals surface area contributed by atoms with Gasteiger partial charge in [-0.1, -0.05) is 18.2 Å². The van der Waals surface area contributed by atoms with Crippen molar-refractivity contribution >= 4 is 17.6 Å². The summed E-state index contributed by atoms with van der Waals surface area (Å²) in [5.74, 6) is -0.954. The molecule has 1 saturated heterocycles. The molecule has 0 N–H and O–H groups in total. The zero-order valence-corrected chi connectivity index (χ0v) is 10.8. The summed E-state index contributed by atoms with van der Waals surface area (Å²) >= 11 is 0. The second-order valence-corrected chi connectivity index (χ2v) is 4.51. The molecular weight excluding hydrogens is 244 g/mol. The first-order valence-corrected chi connectivity index (χ1v) is 6.24. The summed E-state index contributed by atoms with van der Waals surface area (Å²) in [5.41, 5.74) is 0.647. The molecule has 100 valence electrons. The smallest absolute Gasteiger partial charge is 0.289 e. The Hall–Kier alpha value is -2.17. The van der Waals surface area contributed by atoms with E-state index in [1.54, 1.807) is 17.0 Å². The van der Waals surface area contributed by atoms with Crippen molar-refractivity contribution in [2.45, 2.75) is 6.92 Å². The molecule has 2 rings (SSSR count). The van der Waals surface area contributed by atoms with E-state index >= 15 is 0 Å².